The van der Waals surface area contributed by atoms with Crippen molar-refractivity contribution in [2.75, 3.05) is 5.01 Å². The Morgan fingerprint density at radius 1 is 1.36 bits per heavy atom. The normalized spacial score (nSPS) is 17.9. The number of primary amides is 1. The van der Waals surface area contributed by atoms with E-state index in [0.29, 0.717) is 12.3 Å². The second-order valence-electron chi connectivity index (χ2n) is 5.98. The molecule has 0 saturated heterocycles. The number of hydrazone groups is 1. The van der Waals surface area contributed by atoms with Crippen LogP contribution < -0.4 is 16.1 Å². The van der Waals surface area contributed by atoms with E-state index in [2.05, 4.69) is 15.4 Å². The summed E-state index contributed by atoms with van der Waals surface area (Å²) in [4.78, 5) is 28.2. The van der Waals surface area contributed by atoms with Gasteiger partial charge in [0.25, 0.3) is 5.91 Å². The molecular formula is C17H20N6O2. The van der Waals surface area contributed by atoms with Crippen molar-refractivity contribution in [1.82, 2.24) is 14.9 Å². The first-order valence-electron chi connectivity index (χ1n) is 8.02. The minimum Gasteiger partial charge on any atom is -0.368 e. The quantitative estimate of drug-likeness (QED) is 0.799. The van der Waals surface area contributed by atoms with Crippen LogP contribution >= 0.6 is 0 Å². The summed E-state index contributed by atoms with van der Waals surface area (Å²) >= 11 is 0. The Kier molecular flexibility index (Phi) is 4.78. The number of para-hydroxylation sites is 1. The average molecular weight is 340 g/mol. The molecule has 2 aromatic rings. The number of amides is 2. The van der Waals surface area contributed by atoms with Gasteiger partial charge < -0.3 is 15.6 Å². The van der Waals surface area contributed by atoms with E-state index in [9.17, 15) is 9.59 Å². The predicted molar refractivity (Wildman–Crippen MR) is 93.8 cm³/mol. The predicted octanol–water partition coefficient (Wildman–Crippen LogP) is 0.508. The first kappa shape index (κ1) is 16.7. The number of benzene rings is 1. The fourth-order valence-electron chi connectivity index (χ4n) is 2.75. The Hall–Kier alpha value is -3.16. The number of carbonyl (C=O) groups is 2. The molecule has 1 aromatic carbocycles. The van der Waals surface area contributed by atoms with Crippen LogP contribution in [0.3, 0.4) is 0 Å². The molecule has 1 aliphatic rings. The zero-order chi connectivity index (χ0) is 17.8. The highest BCUT2D eigenvalue weighted by atomic mass is 16.2. The molecule has 0 unspecified atom stereocenters. The van der Waals surface area contributed by atoms with Gasteiger partial charge >= 0.3 is 0 Å². The van der Waals surface area contributed by atoms with Gasteiger partial charge in [0.05, 0.1) is 12.0 Å². The van der Waals surface area contributed by atoms with E-state index in [0.717, 1.165) is 5.69 Å². The molecule has 25 heavy (non-hydrogen) atoms. The lowest BCUT2D eigenvalue weighted by Gasteiger charge is -2.20. The second-order valence-corrected chi connectivity index (χ2v) is 5.98. The number of hydrogen-bond acceptors (Lipinski definition) is 5. The van der Waals surface area contributed by atoms with Gasteiger partial charge in [0, 0.05) is 31.4 Å². The summed E-state index contributed by atoms with van der Waals surface area (Å²) < 4.78 is 1.88. The maximum atomic E-state index is 12.5. The van der Waals surface area contributed by atoms with E-state index >= 15 is 0 Å². The number of nitrogens with one attached hydrogen (secondary N) is 1. The molecular weight excluding hydrogens is 320 g/mol. The molecule has 130 valence electrons. The molecule has 0 saturated carbocycles. The molecule has 8 heteroatoms. The Labute approximate surface area is 145 Å². The minimum atomic E-state index is -0.660. The number of carbonyl (C=O) groups excluding carboxylic acids is 2. The van der Waals surface area contributed by atoms with Crippen molar-refractivity contribution in [2.45, 2.75) is 32.0 Å². The van der Waals surface area contributed by atoms with Crippen LogP contribution in [0.2, 0.25) is 0 Å². The molecule has 0 radical (unpaired) electrons. The van der Waals surface area contributed by atoms with Crippen molar-refractivity contribution >= 4 is 23.2 Å². The van der Waals surface area contributed by atoms with Crippen molar-refractivity contribution in [3.8, 4) is 0 Å². The fourth-order valence-corrected chi connectivity index (χ4v) is 2.75. The first-order valence-corrected chi connectivity index (χ1v) is 8.02. The Morgan fingerprint density at radius 3 is 2.76 bits per heavy atom. The monoisotopic (exact) mass is 340 g/mol. The SMILES string of the molecule is C[C@H](Cn1ccnc1)NC(=O)C1=NN(c2ccccc2)[C@@H](C(N)=O)C1. The third-order valence-electron chi connectivity index (χ3n) is 3.94. The van der Waals surface area contributed by atoms with Crippen LogP contribution in [-0.2, 0) is 16.1 Å². The average Bonchev–Trinajstić information content (AvgIpc) is 3.24. The molecule has 2 heterocycles. The second kappa shape index (κ2) is 7.16. The van der Waals surface area contributed by atoms with Gasteiger partial charge in [0.15, 0.2) is 0 Å². The van der Waals surface area contributed by atoms with E-state index in [1.807, 2.05) is 48.0 Å². The summed E-state index contributed by atoms with van der Waals surface area (Å²) in [5.74, 6) is -0.806. The van der Waals surface area contributed by atoms with Crippen molar-refractivity contribution in [1.29, 1.82) is 0 Å². The van der Waals surface area contributed by atoms with Gasteiger partial charge in [0.1, 0.15) is 11.8 Å². The number of nitrogens with zero attached hydrogens (tertiary/aromatic N) is 4. The van der Waals surface area contributed by atoms with E-state index < -0.39 is 11.9 Å². The van der Waals surface area contributed by atoms with Crippen LogP contribution in [0.5, 0.6) is 0 Å². The van der Waals surface area contributed by atoms with E-state index in [1.165, 1.54) is 5.01 Å². The van der Waals surface area contributed by atoms with Gasteiger partial charge in [-0.25, -0.2) is 4.98 Å². The molecule has 8 nitrogen and oxygen atoms in total. The third kappa shape index (κ3) is 3.85. The molecule has 3 N–H and O–H groups in total. The molecule has 0 aliphatic carbocycles. The van der Waals surface area contributed by atoms with Crippen LogP contribution in [0.25, 0.3) is 0 Å². The van der Waals surface area contributed by atoms with E-state index in [4.69, 9.17) is 5.73 Å². The van der Waals surface area contributed by atoms with Crippen LogP contribution in [0.1, 0.15) is 13.3 Å². The zero-order valence-corrected chi connectivity index (χ0v) is 13.9. The zero-order valence-electron chi connectivity index (χ0n) is 13.9. The number of anilines is 1. The Bertz CT molecular complexity index is 772. The van der Waals surface area contributed by atoms with Gasteiger partial charge in [-0.15, -0.1) is 0 Å². The van der Waals surface area contributed by atoms with Crippen LogP contribution in [-0.4, -0.2) is 39.2 Å². The molecule has 1 aliphatic heterocycles. The lowest BCUT2D eigenvalue weighted by atomic mass is 10.1. The maximum absolute atomic E-state index is 12.5. The summed E-state index contributed by atoms with van der Waals surface area (Å²) in [7, 11) is 0. The van der Waals surface area contributed by atoms with Crippen molar-refractivity contribution in [3.63, 3.8) is 0 Å². The molecule has 1 aromatic heterocycles. The Balaban J connectivity index is 1.70. The van der Waals surface area contributed by atoms with Crippen molar-refractivity contribution in [3.05, 3.63) is 49.1 Å². The lowest BCUT2D eigenvalue weighted by molar-refractivity contribution is -0.119. The highest BCUT2D eigenvalue weighted by Crippen LogP contribution is 2.24. The van der Waals surface area contributed by atoms with Crippen molar-refractivity contribution < 1.29 is 9.59 Å². The topological polar surface area (TPSA) is 106 Å². The number of rotatable bonds is 6. The first-order chi connectivity index (χ1) is 12.0. The summed E-state index contributed by atoms with van der Waals surface area (Å²) in [6.07, 6.45) is 5.39. The van der Waals surface area contributed by atoms with Gasteiger partial charge in [0.2, 0.25) is 5.91 Å². The van der Waals surface area contributed by atoms with Crippen molar-refractivity contribution in [2.24, 2.45) is 10.8 Å². The molecule has 0 bridgehead atoms. The number of imidazole rings is 1. The summed E-state index contributed by atoms with van der Waals surface area (Å²) in [6, 6.07) is 8.43. The van der Waals surface area contributed by atoms with Gasteiger partial charge in [-0.3, -0.25) is 14.6 Å². The number of nitrogens with two attached hydrogens (primary N) is 1. The summed E-state index contributed by atoms with van der Waals surface area (Å²) in [6.45, 7) is 2.49. The maximum Gasteiger partial charge on any atom is 0.267 e. The van der Waals surface area contributed by atoms with Gasteiger partial charge in [-0.05, 0) is 19.1 Å². The number of hydrogen-bond donors (Lipinski definition) is 2. The van der Waals surface area contributed by atoms with E-state index in [-0.39, 0.29) is 18.4 Å². The van der Waals surface area contributed by atoms with Crippen LogP contribution in [0, 0.1) is 0 Å². The van der Waals surface area contributed by atoms with Crippen LogP contribution in [0.15, 0.2) is 54.2 Å². The lowest BCUT2D eigenvalue weighted by Crippen LogP contribution is -2.41. The largest absolute Gasteiger partial charge is 0.368 e. The van der Waals surface area contributed by atoms with Gasteiger partial charge in [-0.1, -0.05) is 18.2 Å². The van der Waals surface area contributed by atoms with Crippen LogP contribution in [0.4, 0.5) is 5.69 Å². The Morgan fingerprint density at radius 2 is 2.12 bits per heavy atom. The minimum absolute atomic E-state index is 0.109. The number of aromatic nitrogens is 2. The molecule has 0 spiro atoms. The van der Waals surface area contributed by atoms with E-state index in [1.54, 1.807) is 12.5 Å². The standard InChI is InChI=1S/C17H20N6O2/c1-12(10-22-8-7-19-11-22)20-17(25)14-9-15(16(18)24)23(21-14)13-5-3-2-4-6-13/h2-8,11-12,15H,9-10H2,1H3,(H2,18,24)(H,20,25)/t12-,15-/m1/s1. The third-order valence-corrected chi connectivity index (χ3v) is 3.94. The fraction of sp³-hybridized carbons (Fsp3) is 0.294. The van der Waals surface area contributed by atoms with Gasteiger partial charge in [-0.2, -0.15) is 5.10 Å². The highest BCUT2D eigenvalue weighted by molar-refractivity contribution is 6.40. The summed E-state index contributed by atoms with van der Waals surface area (Å²) in [5, 5.41) is 8.74. The molecule has 2 amide bonds. The highest BCUT2D eigenvalue weighted by Gasteiger charge is 2.35. The molecule has 2 atom stereocenters. The summed E-state index contributed by atoms with van der Waals surface area (Å²) in [5.41, 5.74) is 6.50. The smallest absolute Gasteiger partial charge is 0.267 e. The molecule has 0 fully saturated rings. The molecule has 3 rings (SSSR count).